The first-order valence-corrected chi connectivity index (χ1v) is 5.09. The molecule has 0 saturated heterocycles. The van der Waals surface area contributed by atoms with E-state index < -0.39 is 0 Å². The summed E-state index contributed by atoms with van der Waals surface area (Å²) in [6.45, 7) is 5.38. The van der Waals surface area contributed by atoms with Gasteiger partial charge >= 0.3 is 6.03 Å². The van der Waals surface area contributed by atoms with Crippen LogP contribution in [0.15, 0.2) is 0 Å². The van der Waals surface area contributed by atoms with Gasteiger partial charge in [0.1, 0.15) is 0 Å². The van der Waals surface area contributed by atoms with Crippen LogP contribution in [0.1, 0.15) is 26.7 Å². The van der Waals surface area contributed by atoms with E-state index >= 15 is 0 Å². The van der Waals surface area contributed by atoms with Crippen molar-refractivity contribution in [2.75, 3.05) is 13.6 Å². The summed E-state index contributed by atoms with van der Waals surface area (Å²) >= 11 is 0. The van der Waals surface area contributed by atoms with Gasteiger partial charge in [0.25, 0.3) is 0 Å². The Morgan fingerprint density at radius 1 is 1.46 bits per heavy atom. The minimum absolute atomic E-state index is 0.0620. The van der Waals surface area contributed by atoms with Gasteiger partial charge in [-0.2, -0.15) is 0 Å². The van der Waals surface area contributed by atoms with Crippen LogP contribution >= 0.6 is 0 Å². The average molecular weight is 184 g/mol. The molecule has 1 aliphatic carbocycles. The fraction of sp³-hybridized carbons (Fsp3) is 0.900. The lowest BCUT2D eigenvalue weighted by Gasteiger charge is -2.38. The Morgan fingerprint density at radius 3 is 2.54 bits per heavy atom. The van der Waals surface area contributed by atoms with Crippen LogP contribution in [0.25, 0.3) is 0 Å². The molecule has 0 heterocycles. The molecule has 2 amide bonds. The third-order valence-corrected chi connectivity index (χ3v) is 2.99. The molecule has 1 saturated carbocycles. The van der Waals surface area contributed by atoms with Crippen LogP contribution in [0.2, 0.25) is 0 Å². The van der Waals surface area contributed by atoms with E-state index in [9.17, 15) is 4.79 Å². The molecule has 0 aromatic carbocycles. The average Bonchev–Trinajstić information content (AvgIpc) is 2.00. The maximum Gasteiger partial charge on any atom is 0.314 e. The fourth-order valence-electron chi connectivity index (χ4n) is 1.82. The van der Waals surface area contributed by atoms with Gasteiger partial charge in [-0.1, -0.05) is 13.8 Å². The van der Waals surface area contributed by atoms with Crippen molar-refractivity contribution in [2.45, 2.75) is 26.7 Å². The van der Waals surface area contributed by atoms with Gasteiger partial charge in [-0.05, 0) is 30.6 Å². The zero-order valence-corrected chi connectivity index (χ0v) is 8.76. The predicted molar refractivity (Wildman–Crippen MR) is 53.5 cm³/mol. The van der Waals surface area contributed by atoms with Gasteiger partial charge in [-0.25, -0.2) is 4.79 Å². The molecule has 0 aromatic rings. The summed E-state index contributed by atoms with van der Waals surface area (Å²) in [7, 11) is 1.65. The van der Waals surface area contributed by atoms with Crippen LogP contribution in [0.5, 0.6) is 0 Å². The van der Waals surface area contributed by atoms with Gasteiger partial charge in [-0.15, -0.1) is 0 Å². The Labute approximate surface area is 80.3 Å². The van der Waals surface area contributed by atoms with E-state index in [0.29, 0.717) is 5.92 Å². The number of urea groups is 1. The number of carbonyl (C=O) groups excluding carboxylic acids is 1. The Hall–Kier alpha value is -0.730. The van der Waals surface area contributed by atoms with E-state index in [-0.39, 0.29) is 6.03 Å². The van der Waals surface area contributed by atoms with Crippen LogP contribution in [0, 0.1) is 17.8 Å². The van der Waals surface area contributed by atoms with E-state index in [1.54, 1.807) is 7.05 Å². The van der Waals surface area contributed by atoms with Crippen molar-refractivity contribution in [3.8, 4) is 0 Å². The third kappa shape index (κ3) is 2.90. The Bertz CT molecular complexity index is 174. The molecule has 0 aliphatic heterocycles. The first-order valence-electron chi connectivity index (χ1n) is 5.09. The van der Waals surface area contributed by atoms with Crippen LogP contribution in [0.4, 0.5) is 4.79 Å². The summed E-state index contributed by atoms with van der Waals surface area (Å²) < 4.78 is 0. The number of rotatable bonds is 3. The molecule has 2 N–H and O–H groups in total. The molecular weight excluding hydrogens is 164 g/mol. The number of hydrogen-bond acceptors (Lipinski definition) is 1. The van der Waals surface area contributed by atoms with E-state index in [2.05, 4.69) is 24.5 Å². The summed E-state index contributed by atoms with van der Waals surface area (Å²) in [6.07, 6.45) is 2.56. The quantitative estimate of drug-likeness (QED) is 0.687. The van der Waals surface area contributed by atoms with E-state index in [4.69, 9.17) is 0 Å². The van der Waals surface area contributed by atoms with Gasteiger partial charge in [-0.3, -0.25) is 0 Å². The molecule has 0 spiro atoms. The van der Waals surface area contributed by atoms with Gasteiger partial charge in [0.2, 0.25) is 0 Å². The van der Waals surface area contributed by atoms with Crippen molar-refractivity contribution in [1.82, 2.24) is 10.6 Å². The topological polar surface area (TPSA) is 41.1 Å². The fourth-order valence-corrected chi connectivity index (χ4v) is 1.82. The smallest absolute Gasteiger partial charge is 0.314 e. The summed E-state index contributed by atoms with van der Waals surface area (Å²) in [6, 6.07) is -0.0620. The highest BCUT2D eigenvalue weighted by atomic mass is 16.2. The normalized spacial score (nSPS) is 26.8. The lowest BCUT2D eigenvalue weighted by molar-refractivity contribution is 0.140. The minimum Gasteiger partial charge on any atom is -0.341 e. The third-order valence-electron chi connectivity index (χ3n) is 2.99. The van der Waals surface area contributed by atoms with Gasteiger partial charge in [0.15, 0.2) is 0 Å². The zero-order chi connectivity index (χ0) is 9.84. The SMILES string of the molecule is CNC(=O)NCC1CC(C(C)C)C1. The molecule has 3 heteroatoms. The van der Waals surface area contributed by atoms with Crippen molar-refractivity contribution < 1.29 is 4.79 Å². The second-order valence-corrected chi connectivity index (χ2v) is 4.30. The summed E-state index contributed by atoms with van der Waals surface area (Å²) in [4.78, 5) is 10.8. The van der Waals surface area contributed by atoms with Crippen LogP contribution in [-0.2, 0) is 0 Å². The first kappa shape index (κ1) is 10.4. The second kappa shape index (κ2) is 4.49. The summed E-state index contributed by atoms with van der Waals surface area (Å²) in [5.74, 6) is 2.40. The van der Waals surface area contributed by atoms with Crippen LogP contribution in [0.3, 0.4) is 0 Å². The highest BCUT2D eigenvalue weighted by Gasteiger charge is 2.30. The molecule has 76 valence electrons. The molecule has 3 nitrogen and oxygen atoms in total. The van der Waals surface area contributed by atoms with Crippen molar-refractivity contribution in [3.63, 3.8) is 0 Å². The highest BCUT2D eigenvalue weighted by molar-refractivity contribution is 5.73. The van der Waals surface area contributed by atoms with Crippen LogP contribution < -0.4 is 10.6 Å². The summed E-state index contributed by atoms with van der Waals surface area (Å²) in [5, 5.41) is 5.40. The minimum atomic E-state index is -0.0620. The molecular formula is C10H20N2O. The Kier molecular flexibility index (Phi) is 3.58. The first-order chi connectivity index (χ1) is 6.13. The number of hydrogen-bond donors (Lipinski definition) is 2. The van der Waals surface area contributed by atoms with Crippen molar-refractivity contribution in [2.24, 2.45) is 17.8 Å². The van der Waals surface area contributed by atoms with E-state index in [0.717, 1.165) is 18.4 Å². The van der Waals surface area contributed by atoms with Crippen LogP contribution in [-0.4, -0.2) is 19.6 Å². The maximum atomic E-state index is 10.8. The number of amides is 2. The molecule has 0 atom stereocenters. The van der Waals surface area contributed by atoms with Crippen molar-refractivity contribution >= 4 is 6.03 Å². The molecule has 1 aliphatic rings. The van der Waals surface area contributed by atoms with Crippen molar-refractivity contribution in [1.29, 1.82) is 0 Å². The number of nitrogens with one attached hydrogen (secondary N) is 2. The molecule has 1 fully saturated rings. The molecule has 0 radical (unpaired) electrons. The predicted octanol–water partition coefficient (Wildman–Crippen LogP) is 1.60. The Balaban J connectivity index is 2.05. The molecule has 0 unspecified atom stereocenters. The lowest BCUT2D eigenvalue weighted by atomic mass is 9.69. The van der Waals surface area contributed by atoms with Gasteiger partial charge < -0.3 is 10.6 Å². The maximum absolute atomic E-state index is 10.8. The highest BCUT2D eigenvalue weighted by Crippen LogP contribution is 2.38. The zero-order valence-electron chi connectivity index (χ0n) is 8.76. The molecule has 0 aromatic heterocycles. The summed E-state index contributed by atoms with van der Waals surface area (Å²) in [5.41, 5.74) is 0. The standard InChI is InChI=1S/C10H20N2O/c1-7(2)9-4-8(5-9)6-12-10(13)11-3/h7-9H,4-6H2,1-3H3,(H2,11,12,13). The molecule has 13 heavy (non-hydrogen) atoms. The van der Waals surface area contributed by atoms with Gasteiger partial charge in [0.05, 0.1) is 0 Å². The van der Waals surface area contributed by atoms with Gasteiger partial charge in [0, 0.05) is 13.6 Å². The molecule has 1 rings (SSSR count). The van der Waals surface area contributed by atoms with E-state index in [1.807, 2.05) is 0 Å². The molecule has 0 bridgehead atoms. The lowest BCUT2D eigenvalue weighted by Crippen LogP contribution is -2.40. The monoisotopic (exact) mass is 184 g/mol. The van der Waals surface area contributed by atoms with Crippen molar-refractivity contribution in [3.05, 3.63) is 0 Å². The largest absolute Gasteiger partial charge is 0.341 e. The number of carbonyl (C=O) groups is 1. The van der Waals surface area contributed by atoms with E-state index in [1.165, 1.54) is 12.8 Å². The Morgan fingerprint density at radius 2 is 2.08 bits per heavy atom. The second-order valence-electron chi connectivity index (χ2n) is 4.30.